The Kier molecular flexibility index (Phi) is 4.78. The van der Waals surface area contributed by atoms with Gasteiger partial charge in [-0.25, -0.2) is 0 Å². The molecule has 6 heteroatoms. The van der Waals surface area contributed by atoms with Crippen LogP contribution in [-0.2, 0) is 12.8 Å². The lowest BCUT2D eigenvalue weighted by atomic mass is 9.72. The normalized spacial score (nSPS) is 21.2. The van der Waals surface area contributed by atoms with Gasteiger partial charge in [0.2, 0.25) is 0 Å². The molecule has 2 N–H and O–H groups in total. The summed E-state index contributed by atoms with van der Waals surface area (Å²) in [5.74, 6) is 2.10. The highest BCUT2D eigenvalue weighted by Gasteiger charge is 2.37. The van der Waals surface area contributed by atoms with Gasteiger partial charge in [-0.1, -0.05) is 20.8 Å². The van der Waals surface area contributed by atoms with E-state index in [-0.39, 0.29) is 17.5 Å². The number of nitrogens with one attached hydrogen (secondary N) is 2. The van der Waals surface area contributed by atoms with Crippen LogP contribution >= 0.6 is 11.3 Å². The van der Waals surface area contributed by atoms with Gasteiger partial charge in [0, 0.05) is 10.4 Å². The van der Waals surface area contributed by atoms with Gasteiger partial charge in [-0.15, -0.1) is 11.3 Å². The van der Waals surface area contributed by atoms with Crippen LogP contribution in [-0.4, -0.2) is 20.1 Å². The molecular weight excluding hydrogens is 372 g/mol. The first-order valence-electron chi connectivity index (χ1n) is 9.75. The van der Waals surface area contributed by atoms with Crippen molar-refractivity contribution >= 4 is 22.2 Å². The third-order valence-electron chi connectivity index (χ3n) is 6.02. The summed E-state index contributed by atoms with van der Waals surface area (Å²) in [7, 11) is 3.27. The molecule has 0 radical (unpaired) electrons. The van der Waals surface area contributed by atoms with E-state index in [4.69, 9.17) is 9.47 Å². The Morgan fingerprint density at radius 3 is 2.61 bits per heavy atom. The minimum absolute atomic E-state index is 0.00432. The number of ether oxygens (including phenoxy) is 2. The molecular formula is C22H28N2O3S. The fourth-order valence-electron chi connectivity index (χ4n) is 4.26. The Morgan fingerprint density at radius 2 is 1.93 bits per heavy atom. The summed E-state index contributed by atoms with van der Waals surface area (Å²) in [4.78, 5) is 14.4. The third-order valence-corrected chi connectivity index (χ3v) is 7.20. The number of fused-ring (bicyclic) bond motifs is 3. The van der Waals surface area contributed by atoms with Crippen molar-refractivity contribution in [2.45, 2.75) is 46.2 Å². The van der Waals surface area contributed by atoms with E-state index in [1.54, 1.807) is 25.6 Å². The minimum Gasteiger partial charge on any atom is -0.497 e. The van der Waals surface area contributed by atoms with Gasteiger partial charge in [0.05, 0.1) is 19.8 Å². The maximum absolute atomic E-state index is 13.0. The SMILES string of the molecule is COc1ccc(OC)c([C@H]2NC(=O)c3c(sc4c3CC[C@H](C(C)(C)C)C4)N2)c1. The zero-order valence-corrected chi connectivity index (χ0v) is 18.0. The molecule has 1 aliphatic heterocycles. The number of hydrogen-bond donors (Lipinski definition) is 2. The lowest BCUT2D eigenvalue weighted by Gasteiger charge is -2.34. The van der Waals surface area contributed by atoms with E-state index in [1.165, 1.54) is 10.4 Å². The quantitative estimate of drug-likeness (QED) is 0.779. The maximum Gasteiger partial charge on any atom is 0.256 e. The standard InChI is InChI=1S/C22H28N2O3S/c1-22(2,3)12-6-8-14-17(10-12)28-21-18(14)20(25)23-19(24-21)15-11-13(26-4)7-9-16(15)27-5/h7,9,11-12,19,24H,6,8,10H2,1-5H3,(H,23,25)/t12-,19-/m0/s1. The molecule has 0 saturated heterocycles. The van der Waals surface area contributed by atoms with Gasteiger partial charge in [0.15, 0.2) is 0 Å². The summed E-state index contributed by atoms with van der Waals surface area (Å²) in [5.41, 5.74) is 3.22. The molecule has 1 aromatic heterocycles. The number of benzene rings is 1. The minimum atomic E-state index is -0.344. The molecule has 1 aromatic carbocycles. The molecule has 0 saturated carbocycles. The molecule has 0 fully saturated rings. The van der Waals surface area contributed by atoms with Gasteiger partial charge in [-0.3, -0.25) is 4.79 Å². The number of carbonyl (C=O) groups is 1. The Morgan fingerprint density at radius 1 is 1.14 bits per heavy atom. The zero-order chi connectivity index (χ0) is 20.1. The van der Waals surface area contributed by atoms with Gasteiger partial charge < -0.3 is 20.1 Å². The van der Waals surface area contributed by atoms with E-state index in [1.807, 2.05) is 18.2 Å². The highest BCUT2D eigenvalue weighted by molar-refractivity contribution is 7.16. The fraction of sp³-hybridized carbons (Fsp3) is 0.500. The third kappa shape index (κ3) is 3.24. The fourth-order valence-corrected chi connectivity index (χ4v) is 5.61. The summed E-state index contributed by atoms with van der Waals surface area (Å²) in [6.45, 7) is 6.94. The smallest absolute Gasteiger partial charge is 0.256 e. The van der Waals surface area contributed by atoms with Crippen molar-refractivity contribution in [3.63, 3.8) is 0 Å². The van der Waals surface area contributed by atoms with Crippen molar-refractivity contribution in [3.8, 4) is 11.5 Å². The van der Waals surface area contributed by atoms with Crippen LogP contribution in [0.3, 0.4) is 0 Å². The van der Waals surface area contributed by atoms with E-state index in [2.05, 4.69) is 31.4 Å². The van der Waals surface area contributed by atoms with Crippen LogP contribution < -0.4 is 20.1 Å². The van der Waals surface area contributed by atoms with Crippen molar-refractivity contribution in [3.05, 3.63) is 39.8 Å². The molecule has 5 nitrogen and oxygen atoms in total. The van der Waals surface area contributed by atoms with Crippen LogP contribution in [0.4, 0.5) is 5.00 Å². The Balaban J connectivity index is 1.67. The number of amides is 1. The van der Waals surface area contributed by atoms with E-state index < -0.39 is 0 Å². The Bertz CT molecular complexity index is 913. The van der Waals surface area contributed by atoms with Crippen molar-refractivity contribution < 1.29 is 14.3 Å². The molecule has 0 bridgehead atoms. The second-order valence-electron chi connectivity index (χ2n) is 8.67. The Hall–Kier alpha value is -2.21. The molecule has 0 unspecified atom stereocenters. The van der Waals surface area contributed by atoms with Gasteiger partial charge in [-0.05, 0) is 54.4 Å². The lowest BCUT2D eigenvalue weighted by molar-refractivity contribution is 0.0934. The molecule has 2 aliphatic rings. The molecule has 2 heterocycles. The van der Waals surface area contributed by atoms with Gasteiger partial charge in [0.25, 0.3) is 5.91 Å². The lowest BCUT2D eigenvalue weighted by Crippen LogP contribution is -2.38. The average molecular weight is 401 g/mol. The molecule has 2 aromatic rings. The average Bonchev–Trinajstić information content (AvgIpc) is 3.04. The number of carbonyl (C=O) groups excluding carboxylic acids is 1. The van der Waals surface area contributed by atoms with E-state index >= 15 is 0 Å². The number of methoxy groups -OCH3 is 2. The largest absolute Gasteiger partial charge is 0.497 e. The van der Waals surface area contributed by atoms with Crippen LogP contribution in [0.5, 0.6) is 11.5 Å². The maximum atomic E-state index is 13.0. The van der Waals surface area contributed by atoms with Gasteiger partial charge >= 0.3 is 0 Å². The van der Waals surface area contributed by atoms with Crippen molar-refractivity contribution in [1.82, 2.24) is 5.32 Å². The molecule has 1 aliphatic carbocycles. The summed E-state index contributed by atoms with van der Waals surface area (Å²) < 4.78 is 10.9. The van der Waals surface area contributed by atoms with Crippen LogP contribution in [0.25, 0.3) is 0 Å². The summed E-state index contributed by atoms with van der Waals surface area (Å²) in [6.07, 6.45) is 2.83. The predicted octanol–water partition coefficient (Wildman–Crippen LogP) is 4.77. The van der Waals surface area contributed by atoms with Crippen molar-refractivity contribution in [2.75, 3.05) is 19.5 Å². The van der Waals surface area contributed by atoms with Crippen LogP contribution in [0, 0.1) is 11.3 Å². The number of rotatable bonds is 3. The summed E-state index contributed by atoms with van der Waals surface area (Å²) in [6, 6.07) is 5.63. The molecule has 150 valence electrons. The second kappa shape index (κ2) is 6.99. The van der Waals surface area contributed by atoms with E-state index in [0.29, 0.717) is 5.92 Å². The predicted molar refractivity (Wildman–Crippen MR) is 113 cm³/mol. The first-order valence-corrected chi connectivity index (χ1v) is 10.6. The first-order chi connectivity index (χ1) is 13.3. The van der Waals surface area contributed by atoms with Crippen LogP contribution in [0.1, 0.15) is 59.7 Å². The molecule has 1 amide bonds. The van der Waals surface area contributed by atoms with E-state index in [0.717, 1.165) is 46.9 Å². The Labute approximate surface area is 170 Å². The topological polar surface area (TPSA) is 59.6 Å². The van der Waals surface area contributed by atoms with Crippen molar-refractivity contribution in [1.29, 1.82) is 0 Å². The number of hydrogen-bond acceptors (Lipinski definition) is 5. The first kappa shape index (κ1) is 19.1. The van der Waals surface area contributed by atoms with E-state index in [9.17, 15) is 4.79 Å². The zero-order valence-electron chi connectivity index (χ0n) is 17.1. The number of thiophene rings is 1. The summed E-state index contributed by atoms with van der Waals surface area (Å²) >= 11 is 1.74. The van der Waals surface area contributed by atoms with Crippen LogP contribution in [0.2, 0.25) is 0 Å². The van der Waals surface area contributed by atoms with Crippen LogP contribution in [0.15, 0.2) is 18.2 Å². The molecule has 2 atom stereocenters. The van der Waals surface area contributed by atoms with Gasteiger partial charge in [0.1, 0.15) is 22.7 Å². The number of anilines is 1. The second-order valence-corrected chi connectivity index (χ2v) is 9.78. The molecule has 0 spiro atoms. The molecule has 4 rings (SSSR count). The molecule has 28 heavy (non-hydrogen) atoms. The highest BCUT2D eigenvalue weighted by atomic mass is 32.1. The monoisotopic (exact) mass is 400 g/mol. The van der Waals surface area contributed by atoms with Crippen molar-refractivity contribution in [2.24, 2.45) is 11.3 Å². The van der Waals surface area contributed by atoms with Gasteiger partial charge in [-0.2, -0.15) is 0 Å². The summed E-state index contributed by atoms with van der Waals surface area (Å²) in [5, 5.41) is 7.62. The highest BCUT2D eigenvalue weighted by Crippen LogP contribution is 2.46.